The molecule has 1 aliphatic rings. The van der Waals surface area contributed by atoms with Gasteiger partial charge in [0.15, 0.2) is 6.61 Å². The van der Waals surface area contributed by atoms with E-state index in [2.05, 4.69) is 10.1 Å². The lowest BCUT2D eigenvalue weighted by Gasteiger charge is -2.30. The van der Waals surface area contributed by atoms with E-state index in [0.717, 1.165) is 4.88 Å². The molecule has 1 fully saturated rings. The first-order valence-electron chi connectivity index (χ1n) is 7.14. The van der Waals surface area contributed by atoms with E-state index >= 15 is 0 Å². The van der Waals surface area contributed by atoms with Gasteiger partial charge in [-0.2, -0.15) is 13.2 Å². The number of nitrogens with zero attached hydrogens (tertiary/aromatic N) is 1. The summed E-state index contributed by atoms with van der Waals surface area (Å²) in [6.07, 6.45) is -4.69. The second-order valence-electron chi connectivity index (χ2n) is 5.23. The number of alkyl halides is 3. The molecule has 0 spiro atoms. The Morgan fingerprint density at radius 3 is 2.61 bits per heavy atom. The van der Waals surface area contributed by atoms with Crippen LogP contribution in [-0.2, 0) is 16.1 Å². The summed E-state index contributed by atoms with van der Waals surface area (Å²) in [5.74, 6) is -0.330. The quantitative estimate of drug-likeness (QED) is 0.908. The number of nitrogens with one attached hydrogen (secondary N) is 1. The molecule has 0 radical (unpaired) electrons. The molecular formula is C14H17F3N2O3S. The molecule has 0 aliphatic carbocycles. The van der Waals surface area contributed by atoms with Crippen LogP contribution in [0.5, 0.6) is 0 Å². The van der Waals surface area contributed by atoms with Crippen molar-refractivity contribution in [3.8, 4) is 0 Å². The third-order valence-corrected chi connectivity index (χ3v) is 4.38. The van der Waals surface area contributed by atoms with Crippen molar-refractivity contribution in [3.63, 3.8) is 0 Å². The number of halogens is 3. The molecule has 1 aliphatic heterocycles. The Bertz CT molecular complexity index is 526. The van der Waals surface area contributed by atoms with Crippen molar-refractivity contribution in [1.29, 1.82) is 0 Å². The Balaban J connectivity index is 1.70. The standard InChI is InChI=1S/C14H17F3N2O3S/c15-14(16,17)9-22-13(21)19-5-3-10(4-6-19)12(20)18-8-11-2-1-7-23-11/h1-2,7,10H,3-6,8-9H2,(H,18,20). The zero-order valence-electron chi connectivity index (χ0n) is 12.3. The lowest BCUT2D eigenvalue weighted by atomic mass is 9.96. The monoisotopic (exact) mass is 350 g/mol. The van der Waals surface area contributed by atoms with Crippen LogP contribution in [0.2, 0.25) is 0 Å². The van der Waals surface area contributed by atoms with Crippen molar-refractivity contribution >= 4 is 23.3 Å². The van der Waals surface area contributed by atoms with E-state index < -0.39 is 18.9 Å². The van der Waals surface area contributed by atoms with Gasteiger partial charge in [-0.15, -0.1) is 11.3 Å². The molecule has 23 heavy (non-hydrogen) atoms. The van der Waals surface area contributed by atoms with Crippen molar-refractivity contribution in [3.05, 3.63) is 22.4 Å². The van der Waals surface area contributed by atoms with E-state index in [9.17, 15) is 22.8 Å². The molecular weight excluding hydrogens is 333 g/mol. The van der Waals surface area contributed by atoms with E-state index in [0.29, 0.717) is 19.4 Å². The van der Waals surface area contributed by atoms with Gasteiger partial charge in [0.05, 0.1) is 6.54 Å². The summed E-state index contributed by atoms with van der Waals surface area (Å²) in [5, 5.41) is 4.76. The van der Waals surface area contributed by atoms with Gasteiger partial charge in [0.25, 0.3) is 0 Å². The van der Waals surface area contributed by atoms with E-state index in [4.69, 9.17) is 0 Å². The normalized spacial score (nSPS) is 16.2. The minimum Gasteiger partial charge on any atom is -0.440 e. The van der Waals surface area contributed by atoms with Gasteiger partial charge in [0.1, 0.15) is 0 Å². The molecule has 0 unspecified atom stereocenters. The third-order valence-electron chi connectivity index (χ3n) is 3.50. The molecule has 1 aromatic heterocycles. The van der Waals surface area contributed by atoms with Crippen LogP contribution in [0.25, 0.3) is 0 Å². The molecule has 0 saturated carbocycles. The van der Waals surface area contributed by atoms with Crippen molar-refractivity contribution in [2.45, 2.75) is 25.6 Å². The fourth-order valence-electron chi connectivity index (χ4n) is 2.29. The van der Waals surface area contributed by atoms with E-state index in [-0.39, 0.29) is 24.9 Å². The highest BCUT2D eigenvalue weighted by molar-refractivity contribution is 7.09. The second-order valence-corrected chi connectivity index (χ2v) is 6.26. The third kappa shape index (κ3) is 5.74. The smallest absolute Gasteiger partial charge is 0.422 e. The Morgan fingerprint density at radius 1 is 1.35 bits per heavy atom. The van der Waals surface area contributed by atoms with E-state index in [1.807, 2.05) is 17.5 Å². The number of ether oxygens (including phenoxy) is 1. The largest absolute Gasteiger partial charge is 0.440 e. The summed E-state index contributed by atoms with van der Waals surface area (Å²) in [6.45, 7) is -0.695. The van der Waals surface area contributed by atoms with Gasteiger partial charge < -0.3 is 15.0 Å². The van der Waals surface area contributed by atoms with E-state index in [1.54, 1.807) is 11.3 Å². The molecule has 1 saturated heterocycles. The zero-order chi connectivity index (χ0) is 16.9. The summed E-state index contributed by atoms with van der Waals surface area (Å²) >= 11 is 1.55. The van der Waals surface area contributed by atoms with Crippen molar-refractivity contribution in [1.82, 2.24) is 10.2 Å². The van der Waals surface area contributed by atoms with Gasteiger partial charge in [-0.3, -0.25) is 4.79 Å². The number of hydrogen-bond donors (Lipinski definition) is 1. The first-order chi connectivity index (χ1) is 10.8. The van der Waals surface area contributed by atoms with Crippen molar-refractivity contribution in [2.75, 3.05) is 19.7 Å². The van der Waals surface area contributed by atoms with Crippen LogP contribution in [0.15, 0.2) is 17.5 Å². The van der Waals surface area contributed by atoms with Crippen LogP contribution in [0.3, 0.4) is 0 Å². The molecule has 5 nitrogen and oxygen atoms in total. The van der Waals surface area contributed by atoms with Gasteiger partial charge in [0, 0.05) is 23.9 Å². The Kier molecular flexibility index (Phi) is 5.86. The molecule has 9 heteroatoms. The number of hydrogen-bond acceptors (Lipinski definition) is 4. The molecule has 1 N–H and O–H groups in total. The molecule has 2 amide bonds. The number of amides is 2. The Morgan fingerprint density at radius 2 is 2.04 bits per heavy atom. The van der Waals surface area contributed by atoms with Crippen LogP contribution >= 0.6 is 11.3 Å². The summed E-state index contributed by atoms with van der Waals surface area (Å²) in [4.78, 5) is 25.8. The van der Waals surface area contributed by atoms with Crippen LogP contribution in [0.1, 0.15) is 17.7 Å². The molecule has 0 aromatic carbocycles. The topological polar surface area (TPSA) is 58.6 Å². The SMILES string of the molecule is O=C(NCc1cccs1)C1CCN(C(=O)OCC(F)(F)F)CC1. The minimum atomic E-state index is -4.53. The van der Waals surface area contributed by atoms with Gasteiger partial charge in [-0.25, -0.2) is 4.79 Å². The molecule has 0 bridgehead atoms. The Labute approximate surface area is 135 Å². The lowest BCUT2D eigenvalue weighted by Crippen LogP contribution is -2.43. The summed E-state index contributed by atoms with van der Waals surface area (Å²) in [6, 6.07) is 3.82. The Hall–Kier alpha value is -1.77. The summed E-state index contributed by atoms with van der Waals surface area (Å²) in [5.41, 5.74) is 0. The predicted molar refractivity (Wildman–Crippen MR) is 77.9 cm³/mol. The zero-order valence-corrected chi connectivity index (χ0v) is 13.1. The van der Waals surface area contributed by atoms with Gasteiger partial charge in [0.2, 0.25) is 5.91 Å². The van der Waals surface area contributed by atoms with Crippen LogP contribution in [-0.4, -0.2) is 42.8 Å². The first kappa shape index (κ1) is 17.6. The van der Waals surface area contributed by atoms with Crippen molar-refractivity contribution < 1.29 is 27.5 Å². The fraction of sp³-hybridized carbons (Fsp3) is 0.571. The van der Waals surface area contributed by atoms with E-state index in [1.165, 1.54) is 4.90 Å². The highest BCUT2D eigenvalue weighted by atomic mass is 32.1. The lowest BCUT2D eigenvalue weighted by molar-refractivity contribution is -0.162. The molecule has 2 heterocycles. The number of thiophene rings is 1. The average molecular weight is 350 g/mol. The van der Waals surface area contributed by atoms with Crippen LogP contribution in [0.4, 0.5) is 18.0 Å². The van der Waals surface area contributed by atoms with Gasteiger partial charge in [-0.05, 0) is 24.3 Å². The van der Waals surface area contributed by atoms with Crippen LogP contribution in [0, 0.1) is 5.92 Å². The van der Waals surface area contributed by atoms with Crippen molar-refractivity contribution in [2.24, 2.45) is 5.92 Å². The molecule has 0 atom stereocenters. The molecule has 2 rings (SSSR count). The fourth-order valence-corrected chi connectivity index (χ4v) is 2.94. The maximum absolute atomic E-state index is 12.0. The average Bonchev–Trinajstić information content (AvgIpc) is 3.03. The number of carbonyl (C=O) groups excluding carboxylic acids is 2. The highest BCUT2D eigenvalue weighted by Gasteiger charge is 2.32. The summed E-state index contributed by atoms with van der Waals surface area (Å²) in [7, 11) is 0. The highest BCUT2D eigenvalue weighted by Crippen LogP contribution is 2.20. The number of rotatable bonds is 4. The van der Waals surface area contributed by atoms with Crippen LogP contribution < -0.4 is 5.32 Å². The molecule has 1 aromatic rings. The van der Waals surface area contributed by atoms with Gasteiger partial charge in [-0.1, -0.05) is 6.07 Å². The number of piperidine rings is 1. The second kappa shape index (κ2) is 7.67. The number of carbonyl (C=O) groups is 2. The summed E-state index contributed by atoms with van der Waals surface area (Å²) < 4.78 is 40.2. The van der Waals surface area contributed by atoms with Gasteiger partial charge >= 0.3 is 12.3 Å². The molecule has 128 valence electrons. The maximum atomic E-state index is 12.0. The number of likely N-dealkylation sites (tertiary alicyclic amines) is 1. The first-order valence-corrected chi connectivity index (χ1v) is 8.01. The maximum Gasteiger partial charge on any atom is 0.422 e. The minimum absolute atomic E-state index is 0.0956. The predicted octanol–water partition coefficient (Wildman–Crippen LogP) is 2.78.